The Bertz CT molecular complexity index is 684. The van der Waals surface area contributed by atoms with Crippen molar-refractivity contribution in [2.75, 3.05) is 0 Å². The maximum Gasteiger partial charge on any atom is 0.126 e. The van der Waals surface area contributed by atoms with Crippen LogP contribution in [0.25, 0.3) is 0 Å². The zero-order valence-electron chi connectivity index (χ0n) is 19.3. The van der Waals surface area contributed by atoms with Gasteiger partial charge in [-0.05, 0) is 123 Å². The van der Waals surface area contributed by atoms with Crippen LogP contribution in [0, 0.1) is 35.4 Å². The fourth-order valence-electron chi connectivity index (χ4n) is 7.32. The molecule has 30 heavy (non-hydrogen) atoms. The highest BCUT2D eigenvalue weighted by molar-refractivity contribution is 5.27. The fraction of sp³-hybridized carbons (Fsp3) is 0.724. The molecule has 0 spiro atoms. The van der Waals surface area contributed by atoms with Crippen LogP contribution in [0.1, 0.15) is 107 Å². The number of halogens is 1. The van der Waals surface area contributed by atoms with Gasteiger partial charge in [0.25, 0.3) is 0 Å². The van der Waals surface area contributed by atoms with Crippen LogP contribution in [0.3, 0.4) is 0 Å². The molecule has 3 aliphatic rings. The molecular formula is C29H43F. The minimum absolute atomic E-state index is 0.00604. The van der Waals surface area contributed by atoms with Crippen LogP contribution in [0.15, 0.2) is 30.9 Å². The van der Waals surface area contributed by atoms with E-state index in [-0.39, 0.29) is 5.82 Å². The van der Waals surface area contributed by atoms with Gasteiger partial charge >= 0.3 is 0 Å². The summed E-state index contributed by atoms with van der Waals surface area (Å²) in [5, 5.41) is 0. The fourth-order valence-corrected chi connectivity index (χ4v) is 7.32. The van der Waals surface area contributed by atoms with Crippen LogP contribution >= 0.6 is 0 Å². The standard InChI is InChI=1S/C29H43F/c1-3-5-7-24-14-15-28(20-29(24)30)23-12-10-22(11-13-23)26-17-16-25-18-21(6-4-2)8-9-27(25)19-26/h3,14-15,20-23,25-27H,1,4-13,16-19H2,2H3. The number of aryl methyl sites for hydroxylation is 1. The van der Waals surface area contributed by atoms with Crippen molar-refractivity contribution >= 4 is 0 Å². The summed E-state index contributed by atoms with van der Waals surface area (Å²) in [6.45, 7) is 6.10. The van der Waals surface area contributed by atoms with Crippen LogP contribution < -0.4 is 0 Å². The number of rotatable bonds is 7. The Morgan fingerprint density at radius 3 is 2.27 bits per heavy atom. The highest BCUT2D eigenvalue weighted by Crippen LogP contribution is 2.50. The molecule has 166 valence electrons. The first kappa shape index (κ1) is 22.1. The van der Waals surface area contributed by atoms with Gasteiger partial charge in [0.1, 0.15) is 5.82 Å². The van der Waals surface area contributed by atoms with E-state index in [0.717, 1.165) is 48.0 Å². The predicted octanol–water partition coefficient (Wildman–Crippen LogP) is 8.85. The van der Waals surface area contributed by atoms with E-state index < -0.39 is 0 Å². The largest absolute Gasteiger partial charge is 0.207 e. The van der Waals surface area contributed by atoms with Crippen molar-refractivity contribution < 1.29 is 4.39 Å². The molecule has 4 rings (SSSR count). The van der Waals surface area contributed by atoms with Crippen molar-refractivity contribution in [2.45, 2.75) is 103 Å². The number of fused-ring (bicyclic) bond motifs is 1. The molecule has 1 aromatic rings. The first-order valence-corrected chi connectivity index (χ1v) is 13.1. The third kappa shape index (κ3) is 5.20. The third-order valence-electron chi connectivity index (χ3n) is 9.06. The van der Waals surface area contributed by atoms with Gasteiger partial charge in [0.15, 0.2) is 0 Å². The summed E-state index contributed by atoms with van der Waals surface area (Å²) in [5.74, 6) is 5.60. The Morgan fingerprint density at radius 1 is 0.900 bits per heavy atom. The van der Waals surface area contributed by atoms with Gasteiger partial charge in [-0.1, -0.05) is 44.4 Å². The van der Waals surface area contributed by atoms with E-state index in [9.17, 15) is 4.39 Å². The Labute approximate surface area is 184 Å². The van der Waals surface area contributed by atoms with Gasteiger partial charge in [0, 0.05) is 0 Å². The molecule has 0 bridgehead atoms. The van der Waals surface area contributed by atoms with Crippen LogP contribution in [0.5, 0.6) is 0 Å². The van der Waals surface area contributed by atoms with Crippen LogP contribution in [0.2, 0.25) is 0 Å². The summed E-state index contributed by atoms with van der Waals surface area (Å²) in [6, 6.07) is 6.06. The molecule has 0 radical (unpaired) electrons. The second-order valence-corrected chi connectivity index (χ2v) is 10.9. The monoisotopic (exact) mass is 410 g/mol. The van der Waals surface area contributed by atoms with Gasteiger partial charge in [-0.2, -0.15) is 0 Å². The molecule has 0 saturated heterocycles. The van der Waals surface area contributed by atoms with Crippen molar-refractivity contribution in [1.82, 2.24) is 0 Å². The Morgan fingerprint density at radius 2 is 1.57 bits per heavy atom. The summed E-state index contributed by atoms with van der Waals surface area (Å²) in [6.07, 6.45) is 20.7. The first-order chi connectivity index (χ1) is 14.7. The molecule has 0 nitrogen and oxygen atoms in total. The molecule has 3 saturated carbocycles. The van der Waals surface area contributed by atoms with E-state index >= 15 is 0 Å². The molecule has 0 N–H and O–H groups in total. The Balaban J connectivity index is 1.27. The van der Waals surface area contributed by atoms with Gasteiger partial charge in [-0.15, -0.1) is 6.58 Å². The zero-order chi connectivity index (χ0) is 20.9. The van der Waals surface area contributed by atoms with Crippen molar-refractivity contribution in [2.24, 2.45) is 29.6 Å². The average Bonchev–Trinajstić information content (AvgIpc) is 2.78. The molecule has 4 unspecified atom stereocenters. The smallest absolute Gasteiger partial charge is 0.126 e. The maximum atomic E-state index is 14.5. The SMILES string of the molecule is C=CCCc1ccc(C2CCC(C3CCC4CC(CCC)CCC4C3)CC2)cc1F. The highest BCUT2D eigenvalue weighted by atomic mass is 19.1. The molecule has 3 aliphatic carbocycles. The second kappa shape index (κ2) is 10.5. The van der Waals surface area contributed by atoms with Gasteiger partial charge in [-0.3, -0.25) is 0 Å². The summed E-state index contributed by atoms with van der Waals surface area (Å²) in [5.41, 5.74) is 2.09. The number of hydrogen-bond donors (Lipinski definition) is 0. The average molecular weight is 411 g/mol. The molecule has 0 aromatic heterocycles. The van der Waals surface area contributed by atoms with Gasteiger partial charge in [0.2, 0.25) is 0 Å². The molecule has 1 heteroatoms. The van der Waals surface area contributed by atoms with Gasteiger partial charge < -0.3 is 0 Å². The lowest BCUT2D eigenvalue weighted by atomic mass is 9.60. The van der Waals surface area contributed by atoms with Crippen molar-refractivity contribution in [3.8, 4) is 0 Å². The van der Waals surface area contributed by atoms with Crippen molar-refractivity contribution in [3.05, 3.63) is 47.8 Å². The molecule has 4 atom stereocenters. The molecule has 0 amide bonds. The van der Waals surface area contributed by atoms with E-state index in [1.54, 1.807) is 0 Å². The van der Waals surface area contributed by atoms with Crippen LogP contribution in [-0.2, 0) is 6.42 Å². The summed E-state index contributed by atoms with van der Waals surface area (Å²) < 4.78 is 14.5. The quantitative estimate of drug-likeness (QED) is 0.394. The minimum atomic E-state index is -0.00604. The zero-order valence-corrected chi connectivity index (χ0v) is 19.3. The molecule has 0 aliphatic heterocycles. The predicted molar refractivity (Wildman–Crippen MR) is 126 cm³/mol. The van der Waals surface area contributed by atoms with Gasteiger partial charge in [-0.25, -0.2) is 4.39 Å². The highest BCUT2D eigenvalue weighted by Gasteiger charge is 2.38. The first-order valence-electron chi connectivity index (χ1n) is 13.1. The van der Waals surface area contributed by atoms with Crippen molar-refractivity contribution in [1.29, 1.82) is 0 Å². The molecular weight excluding hydrogens is 367 g/mol. The lowest BCUT2D eigenvalue weighted by Gasteiger charge is -2.45. The van der Waals surface area contributed by atoms with Crippen LogP contribution in [-0.4, -0.2) is 0 Å². The van der Waals surface area contributed by atoms with E-state index in [4.69, 9.17) is 0 Å². The van der Waals surface area contributed by atoms with Crippen LogP contribution in [0.4, 0.5) is 4.39 Å². The topological polar surface area (TPSA) is 0 Å². The lowest BCUT2D eigenvalue weighted by Crippen LogP contribution is -2.34. The van der Waals surface area contributed by atoms with E-state index in [2.05, 4.69) is 19.6 Å². The third-order valence-corrected chi connectivity index (χ3v) is 9.06. The molecule has 1 aromatic carbocycles. The number of hydrogen-bond acceptors (Lipinski definition) is 0. The Hall–Kier alpha value is -1.11. The van der Waals surface area contributed by atoms with Gasteiger partial charge in [0.05, 0.1) is 0 Å². The second-order valence-electron chi connectivity index (χ2n) is 10.9. The number of benzene rings is 1. The molecule has 0 heterocycles. The number of allylic oxidation sites excluding steroid dienone is 1. The summed E-state index contributed by atoms with van der Waals surface area (Å²) >= 11 is 0. The van der Waals surface area contributed by atoms with E-state index in [0.29, 0.717) is 5.92 Å². The molecule has 3 fully saturated rings. The summed E-state index contributed by atoms with van der Waals surface area (Å²) in [7, 11) is 0. The summed E-state index contributed by atoms with van der Waals surface area (Å²) in [4.78, 5) is 0. The normalized spacial score (nSPS) is 34.3. The maximum absolute atomic E-state index is 14.5. The minimum Gasteiger partial charge on any atom is -0.207 e. The lowest BCUT2D eigenvalue weighted by molar-refractivity contribution is 0.0618. The van der Waals surface area contributed by atoms with Crippen molar-refractivity contribution in [3.63, 3.8) is 0 Å². The van der Waals surface area contributed by atoms with E-state index in [1.807, 2.05) is 18.2 Å². The van der Waals surface area contributed by atoms with E-state index in [1.165, 1.54) is 82.6 Å². The Kier molecular flexibility index (Phi) is 7.71.